The summed E-state index contributed by atoms with van der Waals surface area (Å²) in [6.45, 7) is -0.221. The molecule has 0 unspecified atom stereocenters. The summed E-state index contributed by atoms with van der Waals surface area (Å²) >= 11 is 0. The van der Waals surface area contributed by atoms with Crippen molar-refractivity contribution in [1.29, 1.82) is 0 Å². The van der Waals surface area contributed by atoms with Crippen LogP contribution >= 0.6 is 0 Å². The Bertz CT molecular complexity index is 1170. The van der Waals surface area contributed by atoms with Crippen LogP contribution in [0.25, 0.3) is 11.1 Å². The number of anilines is 1. The fraction of sp³-hybridized carbons (Fsp3) is 0.0370. The molecule has 0 aromatic heterocycles. The molecule has 0 aliphatic heterocycles. The molecule has 0 fully saturated rings. The lowest BCUT2D eigenvalue weighted by Gasteiger charge is -2.09. The zero-order valence-electron chi connectivity index (χ0n) is 17.2. The standard InChI is InChI=1S/C27H21NO4/c29-26(19-31-24-15-11-21(12-16-24)20-7-3-1-4-8-20)32-25-17-13-22(14-18-25)27(30)28-23-9-5-2-6-10-23/h1-18H,19H2,(H,28,30). The molecule has 4 aromatic rings. The van der Waals surface area contributed by atoms with Gasteiger partial charge >= 0.3 is 5.97 Å². The zero-order chi connectivity index (χ0) is 22.2. The van der Waals surface area contributed by atoms with Crippen molar-refractivity contribution >= 4 is 17.6 Å². The number of hydrogen-bond acceptors (Lipinski definition) is 4. The molecule has 0 atom stereocenters. The fourth-order valence-electron chi connectivity index (χ4n) is 3.08. The molecule has 0 heterocycles. The predicted molar refractivity (Wildman–Crippen MR) is 124 cm³/mol. The topological polar surface area (TPSA) is 64.6 Å². The van der Waals surface area contributed by atoms with E-state index in [1.807, 2.05) is 84.9 Å². The van der Waals surface area contributed by atoms with Crippen molar-refractivity contribution < 1.29 is 19.1 Å². The third kappa shape index (κ3) is 5.61. The second kappa shape index (κ2) is 10.1. The molecule has 0 saturated heterocycles. The number of esters is 1. The minimum atomic E-state index is -0.529. The van der Waals surface area contributed by atoms with E-state index in [0.717, 1.165) is 11.1 Å². The minimum absolute atomic E-state index is 0.221. The van der Waals surface area contributed by atoms with Crippen LogP contribution in [0.2, 0.25) is 0 Å². The van der Waals surface area contributed by atoms with E-state index in [2.05, 4.69) is 5.32 Å². The molecule has 5 nitrogen and oxygen atoms in total. The van der Waals surface area contributed by atoms with E-state index in [0.29, 0.717) is 22.7 Å². The number of ether oxygens (including phenoxy) is 2. The van der Waals surface area contributed by atoms with Crippen molar-refractivity contribution in [2.75, 3.05) is 11.9 Å². The van der Waals surface area contributed by atoms with E-state index < -0.39 is 5.97 Å². The smallest absolute Gasteiger partial charge is 0.349 e. The first-order valence-corrected chi connectivity index (χ1v) is 10.1. The van der Waals surface area contributed by atoms with Crippen molar-refractivity contribution in [2.45, 2.75) is 0 Å². The number of nitrogens with one attached hydrogen (secondary N) is 1. The minimum Gasteiger partial charge on any atom is -0.482 e. The largest absolute Gasteiger partial charge is 0.482 e. The molecule has 0 radical (unpaired) electrons. The first-order chi connectivity index (χ1) is 15.7. The molecule has 1 N–H and O–H groups in total. The van der Waals surface area contributed by atoms with Gasteiger partial charge in [-0.1, -0.05) is 60.7 Å². The molecule has 4 aromatic carbocycles. The molecule has 0 spiro atoms. The first-order valence-electron chi connectivity index (χ1n) is 10.1. The second-order valence-corrected chi connectivity index (χ2v) is 7.00. The molecule has 0 aliphatic carbocycles. The van der Waals surface area contributed by atoms with Crippen LogP contribution in [0.3, 0.4) is 0 Å². The second-order valence-electron chi connectivity index (χ2n) is 7.00. The van der Waals surface area contributed by atoms with Crippen LogP contribution in [0, 0.1) is 0 Å². The zero-order valence-corrected chi connectivity index (χ0v) is 17.2. The van der Waals surface area contributed by atoms with E-state index in [4.69, 9.17) is 9.47 Å². The van der Waals surface area contributed by atoms with Gasteiger partial charge in [-0.2, -0.15) is 0 Å². The van der Waals surface area contributed by atoms with Crippen LogP contribution in [0.5, 0.6) is 11.5 Å². The van der Waals surface area contributed by atoms with Gasteiger partial charge in [-0.25, -0.2) is 4.79 Å². The Balaban J connectivity index is 1.27. The first kappa shape index (κ1) is 20.9. The summed E-state index contributed by atoms with van der Waals surface area (Å²) in [6, 6.07) is 33.1. The fourth-order valence-corrected chi connectivity index (χ4v) is 3.08. The van der Waals surface area contributed by atoms with Gasteiger partial charge in [0.25, 0.3) is 5.91 Å². The monoisotopic (exact) mass is 423 g/mol. The van der Waals surface area contributed by atoms with Crippen LogP contribution in [0.1, 0.15) is 10.4 Å². The van der Waals surface area contributed by atoms with Gasteiger partial charge in [-0.3, -0.25) is 4.79 Å². The summed E-state index contributed by atoms with van der Waals surface area (Å²) in [5.74, 6) is 0.152. The number of amides is 1. The Kier molecular flexibility index (Phi) is 6.58. The highest BCUT2D eigenvalue weighted by Crippen LogP contribution is 2.22. The van der Waals surface area contributed by atoms with E-state index >= 15 is 0 Å². The van der Waals surface area contributed by atoms with Gasteiger partial charge in [0.15, 0.2) is 6.61 Å². The summed E-state index contributed by atoms with van der Waals surface area (Å²) in [7, 11) is 0. The maximum atomic E-state index is 12.3. The van der Waals surface area contributed by atoms with Gasteiger partial charge in [-0.15, -0.1) is 0 Å². The Morgan fingerprint density at radius 1 is 0.625 bits per heavy atom. The third-order valence-corrected chi connectivity index (χ3v) is 4.70. The SMILES string of the molecule is O=C(COc1ccc(-c2ccccc2)cc1)Oc1ccc(C(=O)Nc2ccccc2)cc1. The lowest BCUT2D eigenvalue weighted by Crippen LogP contribution is -2.18. The normalized spacial score (nSPS) is 10.2. The lowest BCUT2D eigenvalue weighted by atomic mass is 10.1. The van der Waals surface area contributed by atoms with E-state index in [-0.39, 0.29) is 12.5 Å². The van der Waals surface area contributed by atoms with Gasteiger partial charge in [0.2, 0.25) is 0 Å². The van der Waals surface area contributed by atoms with Gasteiger partial charge in [-0.05, 0) is 59.7 Å². The molecular formula is C27H21NO4. The molecule has 5 heteroatoms. The van der Waals surface area contributed by atoms with Crippen molar-refractivity contribution in [3.63, 3.8) is 0 Å². The van der Waals surface area contributed by atoms with Crippen molar-refractivity contribution in [1.82, 2.24) is 0 Å². The quantitative estimate of drug-likeness (QED) is 0.311. The van der Waals surface area contributed by atoms with Crippen LogP contribution in [0.4, 0.5) is 5.69 Å². The van der Waals surface area contributed by atoms with Crippen LogP contribution in [-0.2, 0) is 4.79 Å². The number of hydrogen-bond donors (Lipinski definition) is 1. The third-order valence-electron chi connectivity index (χ3n) is 4.70. The van der Waals surface area contributed by atoms with Crippen LogP contribution in [-0.4, -0.2) is 18.5 Å². The summed E-state index contributed by atoms with van der Waals surface area (Å²) in [5.41, 5.74) is 3.35. The highest BCUT2D eigenvalue weighted by molar-refractivity contribution is 6.04. The average Bonchev–Trinajstić information content (AvgIpc) is 2.85. The van der Waals surface area contributed by atoms with Crippen molar-refractivity contribution in [3.05, 3.63) is 115 Å². The molecule has 0 saturated carbocycles. The summed E-state index contributed by atoms with van der Waals surface area (Å²) in [5, 5.41) is 2.80. The highest BCUT2D eigenvalue weighted by Gasteiger charge is 2.09. The van der Waals surface area contributed by atoms with Crippen LogP contribution < -0.4 is 14.8 Å². The van der Waals surface area contributed by atoms with Gasteiger partial charge in [0.05, 0.1) is 0 Å². The lowest BCUT2D eigenvalue weighted by molar-refractivity contribution is -0.136. The van der Waals surface area contributed by atoms with Gasteiger partial charge in [0, 0.05) is 11.3 Å². The molecular weight excluding hydrogens is 402 g/mol. The Morgan fingerprint density at radius 3 is 1.84 bits per heavy atom. The molecule has 158 valence electrons. The maximum absolute atomic E-state index is 12.3. The average molecular weight is 423 g/mol. The number of benzene rings is 4. The van der Waals surface area contributed by atoms with Gasteiger partial charge < -0.3 is 14.8 Å². The molecule has 1 amide bonds. The van der Waals surface area contributed by atoms with E-state index in [9.17, 15) is 9.59 Å². The van der Waals surface area contributed by atoms with Crippen molar-refractivity contribution in [2.24, 2.45) is 0 Å². The van der Waals surface area contributed by atoms with E-state index in [1.54, 1.807) is 24.3 Å². The molecule has 0 bridgehead atoms. The summed E-state index contributed by atoms with van der Waals surface area (Å²) < 4.78 is 10.8. The summed E-state index contributed by atoms with van der Waals surface area (Å²) in [4.78, 5) is 24.4. The maximum Gasteiger partial charge on any atom is 0.349 e. The number of para-hydroxylation sites is 1. The Hall–Kier alpha value is -4.38. The van der Waals surface area contributed by atoms with E-state index in [1.165, 1.54) is 0 Å². The predicted octanol–water partition coefficient (Wildman–Crippen LogP) is 5.59. The van der Waals surface area contributed by atoms with Gasteiger partial charge in [0.1, 0.15) is 11.5 Å². The summed E-state index contributed by atoms with van der Waals surface area (Å²) in [6.07, 6.45) is 0. The molecule has 4 rings (SSSR count). The Labute approximate surface area is 186 Å². The van der Waals surface area contributed by atoms with Crippen LogP contribution in [0.15, 0.2) is 109 Å². The van der Waals surface area contributed by atoms with Crippen molar-refractivity contribution in [3.8, 4) is 22.6 Å². The molecule has 0 aliphatic rings. The Morgan fingerprint density at radius 2 is 1.19 bits per heavy atom. The molecule has 32 heavy (non-hydrogen) atoms. The number of carbonyl (C=O) groups is 2. The highest BCUT2D eigenvalue weighted by atomic mass is 16.6. The number of carbonyl (C=O) groups excluding carboxylic acids is 2. The number of rotatable bonds is 7.